The second kappa shape index (κ2) is 12.3. The lowest BCUT2D eigenvalue weighted by molar-refractivity contribution is 0.0952. The average molecular weight is 540 g/mol. The van der Waals surface area contributed by atoms with Crippen LogP contribution in [0.15, 0.2) is 77.3 Å². The highest BCUT2D eigenvalue weighted by Gasteiger charge is 2.20. The maximum atomic E-state index is 12.9. The van der Waals surface area contributed by atoms with Crippen LogP contribution in [-0.2, 0) is 6.42 Å². The number of carbonyl (C=O) groups excluding carboxylic acids is 2. The average Bonchev–Trinajstić information content (AvgIpc) is 2.85. The standard InChI is InChI=1S/C26H26BrN3O3S/c1-3-33-23-14-13-19(27)17-21(23)25(32)29-26(34)30(2)22-12-8-7-11-20(22)24(31)28-16-15-18-9-5-4-6-10-18/h4-14,17H,3,15-16H2,1-2H3,(H,28,31)(H,29,32,34). The van der Waals surface area contributed by atoms with Crippen LogP contribution in [0.3, 0.4) is 0 Å². The molecule has 0 atom stereocenters. The zero-order chi connectivity index (χ0) is 24.5. The second-order valence-electron chi connectivity index (χ2n) is 7.40. The Balaban J connectivity index is 1.69. The van der Waals surface area contributed by atoms with Crippen LogP contribution < -0.4 is 20.3 Å². The van der Waals surface area contributed by atoms with Gasteiger partial charge in [-0.3, -0.25) is 14.9 Å². The van der Waals surface area contributed by atoms with Gasteiger partial charge >= 0.3 is 0 Å². The summed E-state index contributed by atoms with van der Waals surface area (Å²) < 4.78 is 6.32. The molecule has 2 N–H and O–H groups in total. The summed E-state index contributed by atoms with van der Waals surface area (Å²) in [5.74, 6) is -0.142. The maximum absolute atomic E-state index is 12.9. The Morgan fingerprint density at radius 2 is 1.68 bits per heavy atom. The van der Waals surface area contributed by atoms with Crippen molar-refractivity contribution < 1.29 is 14.3 Å². The number of para-hydroxylation sites is 1. The first kappa shape index (κ1) is 25.4. The Morgan fingerprint density at radius 3 is 2.41 bits per heavy atom. The van der Waals surface area contributed by atoms with Crippen molar-refractivity contribution in [2.75, 3.05) is 25.1 Å². The van der Waals surface area contributed by atoms with Gasteiger partial charge in [-0.15, -0.1) is 0 Å². The molecular formula is C26H26BrN3O3S. The molecule has 0 spiro atoms. The van der Waals surface area contributed by atoms with Gasteiger partial charge in [0.05, 0.1) is 23.4 Å². The van der Waals surface area contributed by atoms with Crippen LogP contribution in [0.25, 0.3) is 0 Å². The molecule has 3 rings (SSSR count). The van der Waals surface area contributed by atoms with E-state index in [2.05, 4.69) is 26.6 Å². The summed E-state index contributed by atoms with van der Waals surface area (Å²) in [6.07, 6.45) is 0.730. The molecule has 0 bridgehead atoms. The molecule has 2 amide bonds. The summed E-state index contributed by atoms with van der Waals surface area (Å²) in [6, 6.07) is 22.3. The van der Waals surface area contributed by atoms with E-state index >= 15 is 0 Å². The number of thiocarbonyl (C=S) groups is 1. The van der Waals surface area contributed by atoms with Gasteiger partial charge < -0.3 is 15.0 Å². The third-order valence-electron chi connectivity index (χ3n) is 5.06. The van der Waals surface area contributed by atoms with E-state index < -0.39 is 5.91 Å². The minimum atomic E-state index is -0.397. The molecule has 0 aliphatic rings. The van der Waals surface area contributed by atoms with Gasteiger partial charge in [0.1, 0.15) is 5.75 Å². The first-order chi connectivity index (χ1) is 16.4. The number of hydrogen-bond donors (Lipinski definition) is 2. The summed E-state index contributed by atoms with van der Waals surface area (Å²) in [7, 11) is 1.71. The first-order valence-electron chi connectivity index (χ1n) is 10.8. The van der Waals surface area contributed by atoms with Crippen molar-refractivity contribution in [1.82, 2.24) is 10.6 Å². The van der Waals surface area contributed by atoms with E-state index in [1.807, 2.05) is 43.3 Å². The van der Waals surface area contributed by atoms with Gasteiger partial charge in [0.25, 0.3) is 11.8 Å². The number of benzene rings is 3. The van der Waals surface area contributed by atoms with E-state index in [9.17, 15) is 9.59 Å². The largest absolute Gasteiger partial charge is 0.493 e. The fraction of sp³-hybridized carbons (Fsp3) is 0.192. The SMILES string of the molecule is CCOc1ccc(Br)cc1C(=O)NC(=S)N(C)c1ccccc1C(=O)NCCc1ccccc1. The molecule has 0 radical (unpaired) electrons. The van der Waals surface area contributed by atoms with Gasteiger partial charge in [-0.05, 0) is 61.5 Å². The van der Waals surface area contributed by atoms with Crippen molar-refractivity contribution in [3.63, 3.8) is 0 Å². The number of hydrogen-bond acceptors (Lipinski definition) is 4. The zero-order valence-electron chi connectivity index (χ0n) is 19.0. The summed E-state index contributed by atoms with van der Waals surface area (Å²) in [5, 5.41) is 5.86. The van der Waals surface area contributed by atoms with E-state index in [1.165, 1.54) is 0 Å². The highest BCUT2D eigenvalue weighted by Crippen LogP contribution is 2.24. The maximum Gasteiger partial charge on any atom is 0.261 e. The van der Waals surface area contributed by atoms with Crippen LogP contribution in [0.2, 0.25) is 0 Å². The normalized spacial score (nSPS) is 10.3. The van der Waals surface area contributed by atoms with Crippen LogP contribution >= 0.6 is 28.1 Å². The number of carbonyl (C=O) groups is 2. The molecule has 0 aliphatic heterocycles. The van der Waals surface area contributed by atoms with Crippen molar-refractivity contribution in [3.8, 4) is 5.75 Å². The van der Waals surface area contributed by atoms with E-state index in [0.29, 0.717) is 35.7 Å². The Bertz CT molecular complexity index is 1170. The molecule has 0 saturated heterocycles. The van der Waals surface area contributed by atoms with E-state index in [4.69, 9.17) is 17.0 Å². The summed E-state index contributed by atoms with van der Waals surface area (Å²) >= 11 is 8.87. The smallest absolute Gasteiger partial charge is 0.261 e. The van der Waals surface area contributed by atoms with Gasteiger partial charge in [0.2, 0.25) is 0 Å². The molecule has 8 heteroatoms. The molecule has 0 saturated carbocycles. The molecule has 34 heavy (non-hydrogen) atoms. The predicted octanol–water partition coefficient (Wildman–Crippen LogP) is 4.97. The molecule has 6 nitrogen and oxygen atoms in total. The van der Waals surface area contributed by atoms with Crippen LogP contribution in [0.4, 0.5) is 5.69 Å². The molecule has 3 aromatic rings. The third-order valence-corrected chi connectivity index (χ3v) is 5.93. The number of anilines is 1. The fourth-order valence-corrected chi connectivity index (χ4v) is 3.89. The molecule has 3 aromatic carbocycles. The Hall–Kier alpha value is -3.23. The number of nitrogens with one attached hydrogen (secondary N) is 2. The number of ether oxygens (including phenoxy) is 1. The minimum absolute atomic E-state index is 0.164. The summed E-state index contributed by atoms with van der Waals surface area (Å²) in [6.45, 7) is 2.79. The number of halogens is 1. The fourth-order valence-electron chi connectivity index (χ4n) is 3.34. The minimum Gasteiger partial charge on any atom is -0.493 e. The van der Waals surface area contributed by atoms with Crippen LogP contribution in [0.1, 0.15) is 33.2 Å². The molecular weight excluding hydrogens is 514 g/mol. The van der Waals surface area contributed by atoms with E-state index in [0.717, 1.165) is 16.5 Å². The molecule has 176 valence electrons. The summed E-state index contributed by atoms with van der Waals surface area (Å²) in [5.41, 5.74) is 2.56. The van der Waals surface area contributed by atoms with Gasteiger partial charge in [-0.1, -0.05) is 58.4 Å². The van der Waals surface area contributed by atoms with Crippen molar-refractivity contribution in [3.05, 3.63) is 94.0 Å². The lowest BCUT2D eigenvalue weighted by Gasteiger charge is -2.23. The molecule has 0 aromatic heterocycles. The molecule has 0 heterocycles. The second-order valence-corrected chi connectivity index (χ2v) is 8.70. The zero-order valence-corrected chi connectivity index (χ0v) is 21.4. The van der Waals surface area contributed by atoms with Crippen molar-refractivity contribution in [2.45, 2.75) is 13.3 Å². The first-order valence-corrected chi connectivity index (χ1v) is 12.0. The topological polar surface area (TPSA) is 70.7 Å². The highest BCUT2D eigenvalue weighted by molar-refractivity contribution is 9.10. The lowest BCUT2D eigenvalue weighted by Crippen LogP contribution is -2.41. The Morgan fingerprint density at radius 1 is 0.971 bits per heavy atom. The van der Waals surface area contributed by atoms with Crippen LogP contribution in [0, 0.1) is 0 Å². The number of rotatable bonds is 8. The Kier molecular flexibility index (Phi) is 9.18. The van der Waals surface area contributed by atoms with Gasteiger partial charge in [-0.2, -0.15) is 0 Å². The van der Waals surface area contributed by atoms with E-state index in [-0.39, 0.29) is 11.0 Å². The molecule has 0 unspecified atom stereocenters. The highest BCUT2D eigenvalue weighted by atomic mass is 79.9. The van der Waals surface area contributed by atoms with Gasteiger partial charge in [0.15, 0.2) is 5.11 Å². The van der Waals surface area contributed by atoms with Crippen LogP contribution in [0.5, 0.6) is 5.75 Å². The lowest BCUT2D eigenvalue weighted by atomic mass is 10.1. The van der Waals surface area contributed by atoms with E-state index in [1.54, 1.807) is 48.3 Å². The number of amides is 2. The number of nitrogens with zero attached hydrogens (tertiary/aromatic N) is 1. The third kappa shape index (κ3) is 6.65. The molecule has 0 fully saturated rings. The van der Waals surface area contributed by atoms with Gasteiger partial charge in [-0.25, -0.2) is 0 Å². The monoisotopic (exact) mass is 539 g/mol. The van der Waals surface area contributed by atoms with Crippen molar-refractivity contribution >= 4 is 50.8 Å². The quantitative estimate of drug-likeness (QED) is 0.395. The predicted molar refractivity (Wildman–Crippen MR) is 143 cm³/mol. The van der Waals surface area contributed by atoms with Gasteiger partial charge in [0, 0.05) is 18.1 Å². The van der Waals surface area contributed by atoms with Crippen molar-refractivity contribution in [1.29, 1.82) is 0 Å². The summed E-state index contributed by atoms with van der Waals surface area (Å²) in [4.78, 5) is 27.4. The Labute approximate surface area is 213 Å². The van der Waals surface area contributed by atoms with Crippen molar-refractivity contribution in [2.24, 2.45) is 0 Å². The molecule has 0 aliphatic carbocycles. The van der Waals surface area contributed by atoms with Crippen LogP contribution in [-0.4, -0.2) is 37.1 Å².